The van der Waals surface area contributed by atoms with Crippen molar-refractivity contribution in [2.45, 2.75) is 0 Å². The van der Waals surface area contributed by atoms with Crippen molar-refractivity contribution in [1.82, 2.24) is 24.1 Å². The summed E-state index contributed by atoms with van der Waals surface area (Å²) < 4.78 is 4.64. The van der Waals surface area contributed by atoms with Crippen LogP contribution in [-0.2, 0) is 0 Å². The Bertz CT molecular complexity index is 3180. The smallest absolute Gasteiger partial charge is 0.238 e. The molecule has 0 saturated heterocycles. The number of fused-ring (bicyclic) bond motifs is 6. The van der Waals surface area contributed by atoms with Crippen molar-refractivity contribution < 1.29 is 0 Å². The zero-order valence-corrected chi connectivity index (χ0v) is 30.3. The normalized spacial score (nSPS) is 11.6. The van der Waals surface area contributed by atoms with E-state index in [1.165, 1.54) is 21.9 Å². The van der Waals surface area contributed by atoms with Gasteiger partial charge in [-0.3, -0.25) is 4.57 Å². The highest BCUT2D eigenvalue weighted by molar-refractivity contribution is 6.19. The van der Waals surface area contributed by atoms with Gasteiger partial charge >= 0.3 is 0 Å². The molecule has 262 valence electrons. The highest BCUT2D eigenvalue weighted by atomic mass is 15.2. The molecule has 3 heterocycles. The van der Waals surface area contributed by atoms with Gasteiger partial charge < -0.3 is 4.57 Å². The van der Waals surface area contributed by atoms with Crippen LogP contribution in [0.5, 0.6) is 0 Å². The molecule has 0 fully saturated rings. The summed E-state index contributed by atoms with van der Waals surface area (Å²) in [4.78, 5) is 15.4. The Balaban J connectivity index is 1.20. The largest absolute Gasteiger partial charge is 0.309 e. The quantitative estimate of drug-likeness (QED) is 0.172. The van der Waals surface area contributed by atoms with Crippen LogP contribution in [0.25, 0.3) is 100 Å². The van der Waals surface area contributed by atoms with E-state index in [0.29, 0.717) is 17.6 Å². The molecule has 0 bridgehead atoms. The van der Waals surface area contributed by atoms with Gasteiger partial charge in [0.2, 0.25) is 5.95 Å². The SMILES string of the molecule is c1ccc(-c2cccc(-c3ccccc3-n3c4ccccc4c4cc5c6ccccc6n(-c6nc(-c7ccccc7)nc(-c7ccccc7)n6)c5cc43)c2)cc1. The van der Waals surface area contributed by atoms with Gasteiger partial charge in [0.1, 0.15) is 0 Å². The molecule has 5 heteroatoms. The van der Waals surface area contributed by atoms with Gasteiger partial charge in [-0.2, -0.15) is 9.97 Å². The lowest BCUT2D eigenvalue weighted by atomic mass is 9.98. The van der Waals surface area contributed by atoms with E-state index in [2.05, 4.69) is 173 Å². The average molecular weight is 716 g/mol. The predicted molar refractivity (Wildman–Crippen MR) is 230 cm³/mol. The molecular formula is C51H33N5. The summed E-state index contributed by atoms with van der Waals surface area (Å²) in [6.45, 7) is 0. The van der Waals surface area contributed by atoms with Crippen LogP contribution in [0, 0.1) is 0 Å². The second-order valence-corrected chi connectivity index (χ2v) is 14.1. The minimum atomic E-state index is 0.573. The molecule has 0 radical (unpaired) electrons. The molecule has 0 aliphatic heterocycles. The lowest BCUT2D eigenvalue weighted by Gasteiger charge is -2.15. The Morgan fingerprint density at radius 2 is 0.768 bits per heavy atom. The van der Waals surface area contributed by atoms with Crippen LogP contribution in [0.2, 0.25) is 0 Å². The van der Waals surface area contributed by atoms with Crippen LogP contribution >= 0.6 is 0 Å². The van der Waals surface area contributed by atoms with Crippen LogP contribution in [0.15, 0.2) is 200 Å². The number of benzene rings is 8. The number of rotatable bonds is 6. The number of nitrogens with zero attached hydrogens (tertiary/aromatic N) is 5. The van der Waals surface area contributed by atoms with Gasteiger partial charge in [-0.05, 0) is 53.1 Å². The van der Waals surface area contributed by atoms with Gasteiger partial charge in [-0.1, -0.05) is 164 Å². The second kappa shape index (κ2) is 13.0. The van der Waals surface area contributed by atoms with E-state index in [0.717, 1.165) is 60.8 Å². The number of aromatic nitrogens is 5. The number of hydrogen-bond donors (Lipinski definition) is 0. The Labute approximate surface area is 323 Å². The second-order valence-electron chi connectivity index (χ2n) is 14.1. The fourth-order valence-corrected chi connectivity index (χ4v) is 8.21. The van der Waals surface area contributed by atoms with Gasteiger partial charge in [0.05, 0.1) is 27.8 Å². The average Bonchev–Trinajstić information content (AvgIpc) is 3.78. The van der Waals surface area contributed by atoms with Gasteiger partial charge in [-0.15, -0.1) is 0 Å². The number of para-hydroxylation sites is 3. The van der Waals surface area contributed by atoms with Crippen LogP contribution in [0.1, 0.15) is 0 Å². The molecule has 0 saturated carbocycles. The van der Waals surface area contributed by atoms with Crippen molar-refractivity contribution in [3.8, 4) is 56.7 Å². The first-order valence-electron chi connectivity index (χ1n) is 18.9. The summed E-state index contributed by atoms with van der Waals surface area (Å²) in [6.07, 6.45) is 0. The lowest BCUT2D eigenvalue weighted by Crippen LogP contribution is -2.06. The molecule has 0 spiro atoms. The van der Waals surface area contributed by atoms with Crippen molar-refractivity contribution in [1.29, 1.82) is 0 Å². The monoisotopic (exact) mass is 715 g/mol. The molecule has 0 aliphatic rings. The van der Waals surface area contributed by atoms with Crippen molar-refractivity contribution in [2.75, 3.05) is 0 Å². The lowest BCUT2D eigenvalue weighted by molar-refractivity contribution is 0.953. The molecule has 11 aromatic rings. The molecular weight excluding hydrogens is 683 g/mol. The van der Waals surface area contributed by atoms with Crippen LogP contribution < -0.4 is 0 Å². The Morgan fingerprint density at radius 1 is 0.286 bits per heavy atom. The van der Waals surface area contributed by atoms with E-state index in [-0.39, 0.29) is 0 Å². The maximum Gasteiger partial charge on any atom is 0.238 e. The summed E-state index contributed by atoms with van der Waals surface area (Å²) in [5.74, 6) is 1.83. The summed E-state index contributed by atoms with van der Waals surface area (Å²) in [6, 6.07) is 70.5. The molecule has 0 unspecified atom stereocenters. The standard InChI is InChI=1S/C51H33N5/c1-4-17-34(18-5-1)37-23-16-24-38(31-37)39-25-10-13-28-44(39)55-45-29-14-11-26-40(45)42-32-43-41-27-12-15-30-46(41)56(48(43)33-47(42)55)51-53-49(35-19-6-2-7-20-35)52-50(54-51)36-21-8-3-9-22-36/h1-33H. The van der Waals surface area contributed by atoms with Gasteiger partial charge in [-0.25, -0.2) is 4.98 Å². The van der Waals surface area contributed by atoms with Crippen LogP contribution in [-0.4, -0.2) is 24.1 Å². The first kappa shape index (κ1) is 31.9. The molecule has 0 aliphatic carbocycles. The molecule has 8 aromatic carbocycles. The first-order valence-corrected chi connectivity index (χ1v) is 18.9. The Kier molecular flexibility index (Phi) is 7.42. The predicted octanol–water partition coefficient (Wildman–Crippen LogP) is 12.7. The molecule has 3 aromatic heterocycles. The molecule has 0 atom stereocenters. The van der Waals surface area contributed by atoms with E-state index in [9.17, 15) is 0 Å². The molecule has 0 N–H and O–H groups in total. The highest BCUT2D eigenvalue weighted by Crippen LogP contribution is 2.41. The van der Waals surface area contributed by atoms with Gasteiger partial charge in [0.15, 0.2) is 11.6 Å². The summed E-state index contributed by atoms with van der Waals surface area (Å²) >= 11 is 0. The zero-order chi connectivity index (χ0) is 37.0. The topological polar surface area (TPSA) is 48.5 Å². The third-order valence-corrected chi connectivity index (χ3v) is 10.8. The summed E-state index contributed by atoms with van der Waals surface area (Å²) in [5.41, 5.74) is 12.0. The minimum Gasteiger partial charge on any atom is -0.309 e. The van der Waals surface area contributed by atoms with Crippen molar-refractivity contribution in [3.63, 3.8) is 0 Å². The van der Waals surface area contributed by atoms with E-state index in [1.807, 2.05) is 36.4 Å². The van der Waals surface area contributed by atoms with Crippen LogP contribution in [0.3, 0.4) is 0 Å². The maximum atomic E-state index is 5.20. The molecule has 11 rings (SSSR count). The minimum absolute atomic E-state index is 0.573. The van der Waals surface area contributed by atoms with E-state index >= 15 is 0 Å². The maximum absolute atomic E-state index is 5.20. The zero-order valence-electron chi connectivity index (χ0n) is 30.3. The van der Waals surface area contributed by atoms with Crippen molar-refractivity contribution >= 4 is 43.6 Å². The first-order chi connectivity index (χ1) is 27.8. The van der Waals surface area contributed by atoms with Crippen molar-refractivity contribution in [2.24, 2.45) is 0 Å². The Morgan fingerprint density at radius 3 is 1.41 bits per heavy atom. The van der Waals surface area contributed by atoms with Gasteiger partial charge in [0, 0.05) is 38.2 Å². The number of hydrogen-bond acceptors (Lipinski definition) is 3. The van der Waals surface area contributed by atoms with Crippen molar-refractivity contribution in [3.05, 3.63) is 200 Å². The van der Waals surface area contributed by atoms with Gasteiger partial charge in [0.25, 0.3) is 0 Å². The summed E-state index contributed by atoms with van der Waals surface area (Å²) in [7, 11) is 0. The Hall–Kier alpha value is -7.63. The fourth-order valence-electron chi connectivity index (χ4n) is 8.21. The fraction of sp³-hybridized carbons (Fsp3) is 0. The third-order valence-electron chi connectivity index (χ3n) is 10.8. The third kappa shape index (κ3) is 5.21. The van der Waals surface area contributed by atoms with E-state index in [4.69, 9.17) is 15.0 Å². The molecule has 0 amide bonds. The van der Waals surface area contributed by atoms with Crippen LogP contribution in [0.4, 0.5) is 0 Å². The van der Waals surface area contributed by atoms with E-state index in [1.54, 1.807) is 0 Å². The molecule has 56 heavy (non-hydrogen) atoms. The van der Waals surface area contributed by atoms with E-state index < -0.39 is 0 Å². The summed E-state index contributed by atoms with van der Waals surface area (Å²) in [5, 5.41) is 4.67. The molecule has 5 nitrogen and oxygen atoms in total. The highest BCUT2D eigenvalue weighted by Gasteiger charge is 2.22.